The molecule has 1 aliphatic rings. The number of halogens is 2. The molecule has 1 aromatic rings. The molecule has 1 aliphatic carbocycles. The van der Waals surface area contributed by atoms with Gasteiger partial charge in [0, 0.05) is 13.0 Å². The van der Waals surface area contributed by atoms with Crippen molar-refractivity contribution in [3.63, 3.8) is 0 Å². The summed E-state index contributed by atoms with van der Waals surface area (Å²) in [5.41, 5.74) is -0.0634. The summed E-state index contributed by atoms with van der Waals surface area (Å²) >= 11 is 0. The number of aliphatic hydroxyl groups is 1. The third kappa shape index (κ3) is 4.77. The van der Waals surface area contributed by atoms with Crippen molar-refractivity contribution in [2.45, 2.75) is 50.5 Å². The Labute approximate surface area is 123 Å². The molecule has 5 heteroatoms. The minimum Gasteiger partial charge on any atom is -0.388 e. The molecule has 0 aliphatic heterocycles. The lowest BCUT2D eigenvalue weighted by molar-refractivity contribution is -0.122. The number of carbonyl (C=O) groups excluding carboxylic acids is 1. The lowest BCUT2D eigenvalue weighted by Gasteiger charge is -2.22. The minimum atomic E-state index is -0.861. The molecule has 0 bridgehead atoms. The van der Waals surface area contributed by atoms with Crippen LogP contribution in [0.25, 0.3) is 0 Å². The van der Waals surface area contributed by atoms with Gasteiger partial charge in [-0.3, -0.25) is 4.79 Å². The van der Waals surface area contributed by atoms with Crippen molar-refractivity contribution in [2.75, 3.05) is 6.54 Å². The van der Waals surface area contributed by atoms with Gasteiger partial charge < -0.3 is 10.4 Å². The smallest absolute Gasteiger partial charge is 0.220 e. The molecule has 0 saturated heterocycles. The molecular formula is C16H21F2NO2. The largest absolute Gasteiger partial charge is 0.388 e. The SMILES string of the molecule is O=C(CCCc1ccc(F)c(F)c1)NCC1(O)CCCC1. The highest BCUT2D eigenvalue weighted by Gasteiger charge is 2.31. The molecule has 1 saturated carbocycles. The highest BCUT2D eigenvalue weighted by atomic mass is 19.2. The molecule has 21 heavy (non-hydrogen) atoms. The zero-order valence-corrected chi connectivity index (χ0v) is 12.0. The zero-order chi connectivity index (χ0) is 15.3. The second-order valence-corrected chi connectivity index (χ2v) is 5.81. The summed E-state index contributed by atoms with van der Waals surface area (Å²) in [6.45, 7) is 0.303. The fourth-order valence-corrected chi connectivity index (χ4v) is 2.71. The Balaban J connectivity index is 1.68. The number of aryl methyl sites for hydroxylation is 1. The van der Waals surface area contributed by atoms with Crippen LogP contribution >= 0.6 is 0 Å². The number of hydrogen-bond donors (Lipinski definition) is 2. The van der Waals surface area contributed by atoms with Gasteiger partial charge in [0.05, 0.1) is 5.60 Å². The molecule has 3 nitrogen and oxygen atoms in total. The number of benzene rings is 1. The molecule has 0 spiro atoms. The minimum absolute atomic E-state index is 0.113. The summed E-state index contributed by atoms with van der Waals surface area (Å²) in [5, 5.41) is 12.9. The van der Waals surface area contributed by atoms with E-state index in [2.05, 4.69) is 5.32 Å². The molecule has 1 amide bonds. The summed E-state index contributed by atoms with van der Waals surface area (Å²) < 4.78 is 25.8. The third-order valence-corrected chi connectivity index (χ3v) is 4.00. The van der Waals surface area contributed by atoms with E-state index in [1.54, 1.807) is 0 Å². The van der Waals surface area contributed by atoms with Gasteiger partial charge in [0.2, 0.25) is 5.91 Å². The van der Waals surface area contributed by atoms with Gasteiger partial charge >= 0.3 is 0 Å². The summed E-state index contributed by atoms with van der Waals surface area (Å²) in [5.74, 6) is -1.83. The predicted octanol–water partition coefficient (Wildman–Crippen LogP) is 2.71. The van der Waals surface area contributed by atoms with E-state index < -0.39 is 17.2 Å². The number of carbonyl (C=O) groups is 1. The van der Waals surface area contributed by atoms with Crippen LogP contribution in [-0.2, 0) is 11.2 Å². The van der Waals surface area contributed by atoms with Gasteiger partial charge in [-0.15, -0.1) is 0 Å². The maximum atomic E-state index is 13.0. The standard InChI is InChI=1S/C16H21F2NO2/c17-13-7-6-12(10-14(13)18)4-3-5-15(20)19-11-16(21)8-1-2-9-16/h6-7,10,21H,1-5,8-9,11H2,(H,19,20). The van der Waals surface area contributed by atoms with Crippen LogP contribution in [0.4, 0.5) is 8.78 Å². The van der Waals surface area contributed by atoms with E-state index in [0.29, 0.717) is 31.4 Å². The van der Waals surface area contributed by atoms with Crippen LogP contribution in [0.3, 0.4) is 0 Å². The maximum absolute atomic E-state index is 13.0. The zero-order valence-electron chi connectivity index (χ0n) is 12.0. The van der Waals surface area contributed by atoms with Crippen molar-refractivity contribution in [1.82, 2.24) is 5.32 Å². The van der Waals surface area contributed by atoms with Crippen LogP contribution in [-0.4, -0.2) is 23.2 Å². The molecule has 2 rings (SSSR count). The Morgan fingerprint density at radius 3 is 2.62 bits per heavy atom. The summed E-state index contributed by atoms with van der Waals surface area (Å²) in [6, 6.07) is 3.78. The van der Waals surface area contributed by atoms with Crippen molar-refractivity contribution in [2.24, 2.45) is 0 Å². The van der Waals surface area contributed by atoms with Gasteiger partial charge in [-0.25, -0.2) is 8.78 Å². The average molecular weight is 297 g/mol. The first-order chi connectivity index (χ1) is 9.98. The predicted molar refractivity (Wildman–Crippen MR) is 75.7 cm³/mol. The van der Waals surface area contributed by atoms with Crippen molar-refractivity contribution < 1.29 is 18.7 Å². The molecule has 0 aromatic heterocycles. The molecule has 2 N–H and O–H groups in total. The van der Waals surface area contributed by atoms with E-state index in [1.807, 2.05) is 0 Å². The molecule has 1 fully saturated rings. The number of nitrogens with one attached hydrogen (secondary N) is 1. The fraction of sp³-hybridized carbons (Fsp3) is 0.562. The van der Waals surface area contributed by atoms with Gasteiger partial charge in [-0.1, -0.05) is 18.9 Å². The summed E-state index contributed by atoms with van der Waals surface area (Å²) in [4.78, 5) is 11.7. The number of hydrogen-bond acceptors (Lipinski definition) is 2. The monoisotopic (exact) mass is 297 g/mol. The van der Waals surface area contributed by atoms with Crippen molar-refractivity contribution in [1.29, 1.82) is 0 Å². The quantitative estimate of drug-likeness (QED) is 0.848. The van der Waals surface area contributed by atoms with Gasteiger partial charge in [0.15, 0.2) is 11.6 Å². The van der Waals surface area contributed by atoms with E-state index in [9.17, 15) is 18.7 Å². The Kier molecular flexibility index (Phi) is 5.28. The van der Waals surface area contributed by atoms with E-state index in [0.717, 1.165) is 37.8 Å². The second kappa shape index (κ2) is 6.98. The second-order valence-electron chi connectivity index (χ2n) is 5.81. The van der Waals surface area contributed by atoms with E-state index in [-0.39, 0.29) is 5.91 Å². The van der Waals surface area contributed by atoms with Crippen molar-refractivity contribution in [3.05, 3.63) is 35.4 Å². The Morgan fingerprint density at radius 1 is 1.24 bits per heavy atom. The Bertz CT molecular complexity index is 499. The third-order valence-electron chi connectivity index (χ3n) is 4.00. The summed E-state index contributed by atoms with van der Waals surface area (Å²) in [7, 11) is 0. The van der Waals surface area contributed by atoms with Crippen molar-refractivity contribution in [3.8, 4) is 0 Å². The first-order valence-corrected chi connectivity index (χ1v) is 7.42. The van der Waals surface area contributed by atoms with Crippen LogP contribution in [0.1, 0.15) is 44.1 Å². The van der Waals surface area contributed by atoms with E-state index in [1.165, 1.54) is 6.07 Å². The number of rotatable bonds is 6. The topological polar surface area (TPSA) is 49.3 Å². The van der Waals surface area contributed by atoms with Crippen LogP contribution < -0.4 is 5.32 Å². The highest BCUT2D eigenvalue weighted by Crippen LogP contribution is 2.28. The molecule has 1 aromatic carbocycles. The molecule has 0 unspecified atom stereocenters. The maximum Gasteiger partial charge on any atom is 0.220 e. The normalized spacial score (nSPS) is 16.9. The molecule has 0 radical (unpaired) electrons. The average Bonchev–Trinajstić information content (AvgIpc) is 2.88. The van der Waals surface area contributed by atoms with Crippen LogP contribution in [0, 0.1) is 11.6 Å². The first-order valence-electron chi connectivity index (χ1n) is 7.42. The highest BCUT2D eigenvalue weighted by molar-refractivity contribution is 5.75. The van der Waals surface area contributed by atoms with Gasteiger partial charge in [-0.05, 0) is 43.4 Å². The van der Waals surface area contributed by atoms with E-state index in [4.69, 9.17) is 0 Å². The lowest BCUT2D eigenvalue weighted by atomic mass is 10.0. The Hall–Kier alpha value is -1.49. The van der Waals surface area contributed by atoms with Gasteiger partial charge in [0.1, 0.15) is 0 Å². The number of amides is 1. The van der Waals surface area contributed by atoms with Gasteiger partial charge in [-0.2, -0.15) is 0 Å². The molecule has 0 atom stereocenters. The van der Waals surface area contributed by atoms with Crippen molar-refractivity contribution >= 4 is 5.91 Å². The van der Waals surface area contributed by atoms with Crippen LogP contribution in [0.5, 0.6) is 0 Å². The van der Waals surface area contributed by atoms with E-state index >= 15 is 0 Å². The van der Waals surface area contributed by atoms with Crippen LogP contribution in [0.15, 0.2) is 18.2 Å². The van der Waals surface area contributed by atoms with Crippen LogP contribution in [0.2, 0.25) is 0 Å². The molecule has 0 heterocycles. The lowest BCUT2D eigenvalue weighted by Crippen LogP contribution is -2.40. The molecular weight excluding hydrogens is 276 g/mol. The fourth-order valence-electron chi connectivity index (χ4n) is 2.71. The van der Waals surface area contributed by atoms with Gasteiger partial charge in [0.25, 0.3) is 0 Å². The Morgan fingerprint density at radius 2 is 1.95 bits per heavy atom. The molecule has 116 valence electrons. The summed E-state index contributed by atoms with van der Waals surface area (Å²) in [6.07, 6.45) is 4.88. The first kappa shape index (κ1) is 15.9.